The molecule has 1 rings (SSSR count). The van der Waals surface area contributed by atoms with Crippen LogP contribution in [0.15, 0.2) is 18.2 Å². The average molecular weight is 368 g/mol. The number of aryl methyl sites for hydroxylation is 2. The zero-order valence-corrected chi connectivity index (χ0v) is 16.1. The minimum Gasteiger partial charge on any atom is -0.480 e. The molecule has 0 radical (unpaired) electrons. The number of hydrogen-bond acceptors (Lipinski definition) is 5. The number of amides is 1. The van der Waals surface area contributed by atoms with Crippen LogP contribution in [0.5, 0.6) is 0 Å². The van der Waals surface area contributed by atoms with Gasteiger partial charge in [0, 0.05) is 12.9 Å². The highest BCUT2D eigenvalue weighted by Crippen LogP contribution is 2.28. The Morgan fingerprint density at radius 3 is 2.64 bits per heavy atom. The van der Waals surface area contributed by atoms with E-state index < -0.39 is 12.0 Å². The quantitative estimate of drug-likeness (QED) is 0.657. The van der Waals surface area contributed by atoms with Gasteiger partial charge in [0.1, 0.15) is 6.04 Å². The van der Waals surface area contributed by atoms with E-state index in [1.165, 1.54) is 11.8 Å². The molecule has 0 unspecified atom stereocenters. The van der Waals surface area contributed by atoms with Crippen molar-refractivity contribution in [3.8, 4) is 0 Å². The predicted octanol–water partition coefficient (Wildman–Crippen LogP) is 2.07. The molecule has 0 aliphatic rings. The normalized spacial score (nSPS) is 13.3. The molecule has 3 N–H and O–H groups in total. The molecule has 0 fully saturated rings. The lowest BCUT2D eigenvalue weighted by molar-refractivity contribution is -0.137. The van der Waals surface area contributed by atoms with Gasteiger partial charge in [0.25, 0.3) is 0 Å². The number of carbonyl (C=O) groups excluding carboxylic acids is 1. The van der Waals surface area contributed by atoms with Crippen LogP contribution in [0.2, 0.25) is 0 Å². The third kappa shape index (κ3) is 6.02. The number of anilines is 1. The van der Waals surface area contributed by atoms with Crippen LogP contribution in [0, 0.1) is 6.92 Å². The Morgan fingerprint density at radius 2 is 2.08 bits per heavy atom. The monoisotopic (exact) mass is 368 g/mol. The van der Waals surface area contributed by atoms with E-state index in [2.05, 4.69) is 6.92 Å². The van der Waals surface area contributed by atoms with Crippen molar-refractivity contribution >= 4 is 29.3 Å². The summed E-state index contributed by atoms with van der Waals surface area (Å²) in [5.74, 6) is -0.762. The maximum Gasteiger partial charge on any atom is 0.321 e. The summed E-state index contributed by atoms with van der Waals surface area (Å²) < 4.78 is 5.25. The molecule has 0 spiro atoms. The Bertz CT molecular complexity index is 594. The van der Waals surface area contributed by atoms with E-state index in [-0.39, 0.29) is 23.5 Å². The van der Waals surface area contributed by atoms with E-state index in [9.17, 15) is 9.59 Å². The standard InChI is InChI=1S/C18H28N2O4S/c1-5-14-8-6-7-12(2)17(14)20(13(3)9-24-4)16(21)11-25-10-15(19)18(22)23/h6-8,13,15H,5,9-11,19H2,1-4H3,(H,22,23)/t13-,15-/m0/s1. The summed E-state index contributed by atoms with van der Waals surface area (Å²) in [6, 6.07) is 4.91. The SMILES string of the molecule is CCc1cccc(C)c1N(C(=O)CSC[C@H](N)C(=O)O)[C@@H](C)COC. The fourth-order valence-corrected chi connectivity index (χ4v) is 3.50. The van der Waals surface area contributed by atoms with Crippen LogP contribution in [0.4, 0.5) is 5.69 Å². The lowest BCUT2D eigenvalue weighted by atomic mass is 10.0. The summed E-state index contributed by atoms with van der Waals surface area (Å²) in [5, 5.41) is 8.85. The number of methoxy groups -OCH3 is 1. The van der Waals surface area contributed by atoms with Crippen LogP contribution in [-0.2, 0) is 20.7 Å². The Balaban J connectivity index is 3.02. The van der Waals surface area contributed by atoms with Crippen LogP contribution in [0.3, 0.4) is 0 Å². The highest BCUT2D eigenvalue weighted by Gasteiger charge is 2.25. The van der Waals surface area contributed by atoms with E-state index in [0.717, 1.165) is 23.2 Å². The lowest BCUT2D eigenvalue weighted by Gasteiger charge is -2.32. The second-order valence-electron chi connectivity index (χ2n) is 5.96. The summed E-state index contributed by atoms with van der Waals surface area (Å²) in [6.45, 7) is 6.41. The van der Waals surface area contributed by atoms with Crippen LogP contribution >= 0.6 is 11.8 Å². The van der Waals surface area contributed by atoms with Gasteiger partial charge in [-0.3, -0.25) is 9.59 Å². The van der Waals surface area contributed by atoms with E-state index in [1.54, 1.807) is 12.0 Å². The van der Waals surface area contributed by atoms with Gasteiger partial charge in [-0.25, -0.2) is 0 Å². The van der Waals surface area contributed by atoms with Crippen LogP contribution in [0.1, 0.15) is 25.0 Å². The number of benzene rings is 1. The molecular formula is C18H28N2O4S. The van der Waals surface area contributed by atoms with Crippen molar-refractivity contribution in [2.75, 3.05) is 30.1 Å². The molecule has 0 aliphatic carbocycles. The molecule has 0 aliphatic heterocycles. The molecule has 6 nitrogen and oxygen atoms in total. The first kappa shape index (κ1) is 21.5. The van der Waals surface area contributed by atoms with Crippen LogP contribution in [0.25, 0.3) is 0 Å². The van der Waals surface area contributed by atoms with Gasteiger partial charge in [0.2, 0.25) is 5.91 Å². The third-order valence-corrected chi connectivity index (χ3v) is 4.95. The van der Waals surface area contributed by atoms with Gasteiger partial charge in [-0.05, 0) is 31.4 Å². The summed E-state index contributed by atoms with van der Waals surface area (Å²) in [7, 11) is 1.61. The van der Waals surface area contributed by atoms with Crippen molar-refractivity contribution in [3.05, 3.63) is 29.3 Å². The zero-order chi connectivity index (χ0) is 19.0. The molecule has 0 saturated heterocycles. The number of hydrogen-bond donors (Lipinski definition) is 2. The summed E-state index contributed by atoms with van der Waals surface area (Å²) in [4.78, 5) is 25.5. The smallest absolute Gasteiger partial charge is 0.321 e. The lowest BCUT2D eigenvalue weighted by Crippen LogP contribution is -2.43. The highest BCUT2D eigenvalue weighted by molar-refractivity contribution is 8.00. The Hall–Kier alpha value is -1.57. The molecule has 0 aromatic heterocycles. The molecule has 1 amide bonds. The van der Waals surface area contributed by atoms with Gasteiger partial charge in [0.05, 0.1) is 24.1 Å². The molecule has 140 valence electrons. The van der Waals surface area contributed by atoms with E-state index in [1.807, 2.05) is 32.0 Å². The van der Waals surface area contributed by atoms with Crippen molar-refractivity contribution in [2.24, 2.45) is 5.73 Å². The molecule has 1 aromatic carbocycles. The fourth-order valence-electron chi connectivity index (χ4n) is 2.67. The number of ether oxygens (including phenoxy) is 1. The second kappa shape index (κ2) is 10.4. The molecule has 0 saturated carbocycles. The molecule has 0 bridgehead atoms. The van der Waals surface area contributed by atoms with E-state index in [0.29, 0.717) is 6.61 Å². The maximum absolute atomic E-state index is 12.9. The number of carboxylic acid groups (broad SMARTS) is 1. The van der Waals surface area contributed by atoms with Crippen molar-refractivity contribution < 1.29 is 19.4 Å². The molecular weight excluding hydrogens is 340 g/mol. The summed E-state index contributed by atoms with van der Waals surface area (Å²) >= 11 is 1.24. The zero-order valence-electron chi connectivity index (χ0n) is 15.3. The first-order valence-electron chi connectivity index (χ1n) is 8.29. The van der Waals surface area contributed by atoms with Crippen LogP contribution in [-0.4, -0.2) is 54.3 Å². The van der Waals surface area contributed by atoms with Crippen molar-refractivity contribution in [3.63, 3.8) is 0 Å². The molecule has 1 aromatic rings. The van der Waals surface area contributed by atoms with Crippen molar-refractivity contribution in [2.45, 2.75) is 39.3 Å². The number of carbonyl (C=O) groups is 2. The molecule has 25 heavy (non-hydrogen) atoms. The van der Waals surface area contributed by atoms with Gasteiger partial charge >= 0.3 is 5.97 Å². The first-order valence-corrected chi connectivity index (χ1v) is 9.44. The van der Waals surface area contributed by atoms with Crippen molar-refractivity contribution in [1.82, 2.24) is 0 Å². The minimum atomic E-state index is -1.06. The van der Waals surface area contributed by atoms with Crippen LogP contribution < -0.4 is 10.6 Å². The topological polar surface area (TPSA) is 92.9 Å². The van der Waals surface area contributed by atoms with E-state index in [4.69, 9.17) is 15.6 Å². The summed E-state index contributed by atoms with van der Waals surface area (Å²) in [6.07, 6.45) is 0.817. The molecule has 7 heteroatoms. The predicted molar refractivity (Wildman–Crippen MR) is 102 cm³/mol. The molecule has 2 atom stereocenters. The molecule has 0 heterocycles. The number of nitrogens with zero attached hydrogens (tertiary/aromatic N) is 1. The maximum atomic E-state index is 12.9. The largest absolute Gasteiger partial charge is 0.480 e. The average Bonchev–Trinajstić information content (AvgIpc) is 2.56. The summed E-state index contributed by atoms with van der Waals surface area (Å²) in [5.41, 5.74) is 8.55. The van der Waals surface area contributed by atoms with E-state index >= 15 is 0 Å². The second-order valence-corrected chi connectivity index (χ2v) is 6.99. The minimum absolute atomic E-state index is 0.0730. The van der Waals surface area contributed by atoms with Gasteiger partial charge in [-0.15, -0.1) is 11.8 Å². The number of nitrogens with two attached hydrogens (primary N) is 1. The number of carboxylic acids is 1. The number of rotatable bonds is 10. The highest BCUT2D eigenvalue weighted by atomic mass is 32.2. The Labute approximate surface area is 153 Å². The Morgan fingerprint density at radius 1 is 1.40 bits per heavy atom. The number of aliphatic carboxylic acids is 1. The fraction of sp³-hybridized carbons (Fsp3) is 0.556. The Kier molecular flexibility index (Phi) is 8.96. The number of para-hydroxylation sites is 1. The first-order chi connectivity index (χ1) is 11.8. The number of thioether (sulfide) groups is 1. The van der Waals surface area contributed by atoms with Crippen molar-refractivity contribution in [1.29, 1.82) is 0 Å². The van der Waals surface area contributed by atoms with Gasteiger partial charge < -0.3 is 20.5 Å². The van der Waals surface area contributed by atoms with Gasteiger partial charge in [0.15, 0.2) is 0 Å². The van der Waals surface area contributed by atoms with Gasteiger partial charge in [-0.2, -0.15) is 0 Å². The third-order valence-electron chi connectivity index (χ3n) is 3.90. The van der Waals surface area contributed by atoms with Gasteiger partial charge in [-0.1, -0.05) is 25.1 Å².